The van der Waals surface area contributed by atoms with Crippen LogP contribution in [0.25, 0.3) is 0 Å². The van der Waals surface area contributed by atoms with Gasteiger partial charge in [-0.25, -0.2) is 4.98 Å². The average Bonchev–Trinajstić information content (AvgIpc) is 2.56. The molecule has 0 spiro atoms. The van der Waals surface area contributed by atoms with E-state index in [-0.39, 0.29) is 17.4 Å². The van der Waals surface area contributed by atoms with Crippen molar-refractivity contribution in [2.45, 2.75) is 43.8 Å². The van der Waals surface area contributed by atoms with Crippen LogP contribution in [-0.4, -0.2) is 27.8 Å². The number of nitrogens with one attached hydrogen (secondary N) is 1. The molecule has 0 fully saturated rings. The zero-order valence-corrected chi connectivity index (χ0v) is 13.4. The van der Waals surface area contributed by atoms with Gasteiger partial charge in [0.2, 0.25) is 5.91 Å². The summed E-state index contributed by atoms with van der Waals surface area (Å²) in [6.07, 6.45) is 9.69. The smallest absolute Gasteiger partial charge is 0.254 e. The average molecular weight is 319 g/mol. The lowest BCUT2D eigenvalue weighted by Gasteiger charge is -2.24. The molecule has 22 heavy (non-hydrogen) atoms. The molecule has 1 aliphatic heterocycles. The van der Waals surface area contributed by atoms with Crippen molar-refractivity contribution in [1.82, 2.24) is 14.9 Å². The highest BCUT2D eigenvalue weighted by atomic mass is 32.2. The fraction of sp³-hybridized carbons (Fsp3) is 0.562. The van der Waals surface area contributed by atoms with E-state index in [2.05, 4.69) is 16.4 Å². The van der Waals surface area contributed by atoms with Crippen molar-refractivity contribution in [3.63, 3.8) is 0 Å². The first kappa shape index (κ1) is 15.3. The molecule has 1 N–H and O–H groups in total. The SMILES string of the molecule is O=C(NCCC1=CCCCC1)C1CSc2nccc(=O)n2C1. The molecule has 3 rings (SSSR count). The number of hydrogen-bond acceptors (Lipinski definition) is 4. The Kier molecular flexibility index (Phi) is 4.97. The first-order chi connectivity index (χ1) is 10.7. The fourth-order valence-corrected chi connectivity index (χ4v) is 3.99. The van der Waals surface area contributed by atoms with Gasteiger partial charge < -0.3 is 5.32 Å². The minimum atomic E-state index is -0.153. The number of allylic oxidation sites excluding steroid dienone is 1. The summed E-state index contributed by atoms with van der Waals surface area (Å²) < 4.78 is 1.60. The van der Waals surface area contributed by atoms with Crippen LogP contribution in [0.3, 0.4) is 0 Å². The standard InChI is InChI=1S/C16H21N3O2S/c20-14-7-9-18-16-19(14)10-13(11-22-16)15(21)17-8-6-12-4-2-1-3-5-12/h4,7,9,13H,1-3,5-6,8,10-11H2,(H,17,21). The van der Waals surface area contributed by atoms with Crippen LogP contribution in [0.5, 0.6) is 0 Å². The number of fused-ring (bicyclic) bond motifs is 1. The predicted octanol–water partition coefficient (Wildman–Crippen LogP) is 1.97. The molecule has 6 heteroatoms. The van der Waals surface area contributed by atoms with Crippen molar-refractivity contribution >= 4 is 17.7 Å². The first-order valence-electron chi connectivity index (χ1n) is 7.88. The lowest BCUT2D eigenvalue weighted by atomic mass is 9.97. The van der Waals surface area contributed by atoms with Crippen molar-refractivity contribution < 1.29 is 4.79 Å². The zero-order valence-electron chi connectivity index (χ0n) is 12.6. The lowest BCUT2D eigenvalue weighted by Crippen LogP contribution is -2.40. The second kappa shape index (κ2) is 7.13. The van der Waals surface area contributed by atoms with Crippen molar-refractivity contribution in [3.05, 3.63) is 34.3 Å². The Balaban J connectivity index is 1.52. The van der Waals surface area contributed by atoms with Crippen LogP contribution < -0.4 is 10.9 Å². The molecule has 118 valence electrons. The van der Waals surface area contributed by atoms with E-state index in [4.69, 9.17) is 0 Å². The van der Waals surface area contributed by atoms with Crippen molar-refractivity contribution in [1.29, 1.82) is 0 Å². The second-order valence-corrected chi connectivity index (χ2v) is 6.82. The van der Waals surface area contributed by atoms with Crippen LogP contribution in [-0.2, 0) is 11.3 Å². The minimum Gasteiger partial charge on any atom is -0.355 e. The molecule has 0 bridgehead atoms. The van der Waals surface area contributed by atoms with Crippen LogP contribution in [0, 0.1) is 5.92 Å². The van der Waals surface area contributed by atoms with Crippen molar-refractivity contribution in [3.8, 4) is 0 Å². The Hall–Kier alpha value is -1.56. The summed E-state index contributed by atoms with van der Waals surface area (Å²) >= 11 is 1.48. The number of aromatic nitrogens is 2. The number of amides is 1. The van der Waals surface area contributed by atoms with E-state index < -0.39 is 0 Å². The van der Waals surface area contributed by atoms with E-state index in [1.165, 1.54) is 55.3 Å². The molecular formula is C16H21N3O2S. The molecule has 2 aliphatic rings. The quantitative estimate of drug-likeness (QED) is 0.681. The maximum atomic E-state index is 12.3. The molecule has 5 nitrogen and oxygen atoms in total. The minimum absolute atomic E-state index is 0.0466. The van der Waals surface area contributed by atoms with Crippen LogP contribution in [0.2, 0.25) is 0 Å². The monoisotopic (exact) mass is 319 g/mol. The molecule has 1 aliphatic carbocycles. The molecule has 0 saturated carbocycles. The van der Waals surface area contributed by atoms with E-state index in [1.807, 2.05) is 0 Å². The fourth-order valence-electron chi connectivity index (χ4n) is 2.93. The van der Waals surface area contributed by atoms with Gasteiger partial charge in [-0.15, -0.1) is 0 Å². The maximum Gasteiger partial charge on any atom is 0.254 e. The summed E-state index contributed by atoms with van der Waals surface area (Å²) in [7, 11) is 0. The van der Waals surface area contributed by atoms with Gasteiger partial charge in [0.05, 0.1) is 5.92 Å². The van der Waals surface area contributed by atoms with Crippen LogP contribution in [0.1, 0.15) is 32.1 Å². The zero-order chi connectivity index (χ0) is 15.4. The Morgan fingerprint density at radius 1 is 1.45 bits per heavy atom. The van der Waals surface area contributed by atoms with Gasteiger partial charge in [-0.1, -0.05) is 23.4 Å². The Bertz CT molecular complexity index is 639. The molecule has 1 atom stereocenters. The molecule has 2 heterocycles. The highest BCUT2D eigenvalue weighted by Gasteiger charge is 2.26. The Morgan fingerprint density at radius 2 is 2.36 bits per heavy atom. The highest BCUT2D eigenvalue weighted by molar-refractivity contribution is 7.99. The number of thioether (sulfide) groups is 1. The van der Waals surface area contributed by atoms with Crippen LogP contribution in [0.4, 0.5) is 0 Å². The third-order valence-electron chi connectivity index (χ3n) is 4.22. The van der Waals surface area contributed by atoms with E-state index in [9.17, 15) is 9.59 Å². The van der Waals surface area contributed by atoms with Gasteiger partial charge in [0.1, 0.15) is 0 Å². The number of nitrogens with zero attached hydrogens (tertiary/aromatic N) is 2. The molecular weight excluding hydrogens is 298 g/mol. The van der Waals surface area contributed by atoms with Gasteiger partial charge in [-0.05, 0) is 32.1 Å². The van der Waals surface area contributed by atoms with E-state index in [1.54, 1.807) is 4.57 Å². The van der Waals surface area contributed by atoms with Gasteiger partial charge in [0.15, 0.2) is 5.16 Å². The first-order valence-corrected chi connectivity index (χ1v) is 8.87. The van der Waals surface area contributed by atoms with Gasteiger partial charge in [0.25, 0.3) is 5.56 Å². The summed E-state index contributed by atoms with van der Waals surface area (Å²) in [4.78, 5) is 28.3. The van der Waals surface area contributed by atoms with E-state index in [0.717, 1.165) is 6.42 Å². The molecule has 0 radical (unpaired) electrons. The Morgan fingerprint density at radius 3 is 3.18 bits per heavy atom. The molecule has 0 saturated heterocycles. The van der Waals surface area contributed by atoms with E-state index >= 15 is 0 Å². The van der Waals surface area contributed by atoms with Gasteiger partial charge >= 0.3 is 0 Å². The van der Waals surface area contributed by atoms with Crippen molar-refractivity contribution in [2.24, 2.45) is 5.92 Å². The largest absolute Gasteiger partial charge is 0.355 e. The summed E-state index contributed by atoms with van der Waals surface area (Å²) in [6.45, 7) is 1.13. The van der Waals surface area contributed by atoms with Crippen LogP contribution in [0.15, 0.2) is 33.9 Å². The maximum absolute atomic E-state index is 12.3. The second-order valence-electron chi connectivity index (χ2n) is 5.83. The predicted molar refractivity (Wildman–Crippen MR) is 86.9 cm³/mol. The number of hydrogen-bond donors (Lipinski definition) is 1. The molecule has 1 aromatic rings. The third-order valence-corrected chi connectivity index (χ3v) is 5.37. The lowest BCUT2D eigenvalue weighted by molar-refractivity contribution is -0.124. The summed E-state index contributed by atoms with van der Waals surface area (Å²) in [5.41, 5.74) is 1.39. The van der Waals surface area contributed by atoms with Crippen LogP contribution >= 0.6 is 11.8 Å². The number of rotatable bonds is 4. The summed E-state index contributed by atoms with van der Waals surface area (Å²) in [5.74, 6) is 0.579. The normalized spacial score (nSPS) is 20.9. The van der Waals surface area contributed by atoms with E-state index in [0.29, 0.717) is 24.0 Å². The van der Waals surface area contributed by atoms with Gasteiger partial charge in [0, 0.05) is 31.1 Å². The summed E-state index contributed by atoms with van der Waals surface area (Å²) in [5, 5.41) is 3.73. The molecule has 1 amide bonds. The highest BCUT2D eigenvalue weighted by Crippen LogP contribution is 2.24. The van der Waals surface area contributed by atoms with Gasteiger partial charge in [-0.3, -0.25) is 14.2 Å². The molecule has 1 unspecified atom stereocenters. The number of carbonyl (C=O) groups is 1. The van der Waals surface area contributed by atoms with Crippen molar-refractivity contribution in [2.75, 3.05) is 12.3 Å². The summed E-state index contributed by atoms with van der Waals surface area (Å²) in [6, 6.07) is 1.44. The van der Waals surface area contributed by atoms with Gasteiger partial charge in [-0.2, -0.15) is 0 Å². The Labute approximate surface area is 134 Å². The molecule has 1 aromatic heterocycles. The molecule has 0 aromatic carbocycles. The third kappa shape index (κ3) is 3.61. The number of carbonyl (C=O) groups excluding carboxylic acids is 1. The topological polar surface area (TPSA) is 64.0 Å².